The monoisotopic (exact) mass is 348 g/mol. The molecule has 1 fully saturated rings. The molecule has 1 aromatic carbocycles. The van der Waals surface area contributed by atoms with E-state index in [2.05, 4.69) is 15.8 Å². The van der Waals surface area contributed by atoms with Crippen LogP contribution in [0.25, 0.3) is 0 Å². The van der Waals surface area contributed by atoms with E-state index in [0.717, 1.165) is 32.1 Å². The van der Waals surface area contributed by atoms with Gasteiger partial charge < -0.3 is 10.1 Å². The molecule has 2 amide bonds. The maximum absolute atomic E-state index is 11.8. The fraction of sp³-hybridized carbons (Fsp3) is 0.438. The zero-order valence-electron chi connectivity index (χ0n) is 13.9. The highest BCUT2D eigenvalue weighted by molar-refractivity contribution is 6.35. The summed E-state index contributed by atoms with van der Waals surface area (Å²) in [6, 6.07) is 4.26. The normalized spacial score (nSPS) is 14.9. The first kappa shape index (κ1) is 18.4. The van der Waals surface area contributed by atoms with Crippen molar-refractivity contribution in [3.05, 3.63) is 33.9 Å². The number of methoxy groups -OCH3 is 1. The van der Waals surface area contributed by atoms with E-state index in [9.17, 15) is 19.7 Å². The van der Waals surface area contributed by atoms with Crippen molar-refractivity contribution < 1.29 is 19.2 Å². The molecule has 0 unspecified atom stereocenters. The van der Waals surface area contributed by atoms with Crippen molar-refractivity contribution in [1.82, 2.24) is 10.7 Å². The Kier molecular flexibility index (Phi) is 6.44. The van der Waals surface area contributed by atoms with E-state index in [4.69, 9.17) is 4.74 Å². The Hall–Kier alpha value is -2.97. The summed E-state index contributed by atoms with van der Waals surface area (Å²) in [7, 11) is 1.33. The van der Waals surface area contributed by atoms with Crippen LogP contribution >= 0.6 is 0 Å². The third-order valence-corrected chi connectivity index (χ3v) is 3.93. The molecule has 1 aliphatic carbocycles. The summed E-state index contributed by atoms with van der Waals surface area (Å²) >= 11 is 0. The molecule has 1 aromatic rings. The third-order valence-electron chi connectivity index (χ3n) is 3.93. The van der Waals surface area contributed by atoms with Crippen LogP contribution in [0.15, 0.2) is 23.3 Å². The van der Waals surface area contributed by atoms with Gasteiger partial charge in [-0.05, 0) is 25.0 Å². The van der Waals surface area contributed by atoms with Gasteiger partial charge in [0.2, 0.25) is 0 Å². The number of ether oxygens (including phenoxy) is 1. The van der Waals surface area contributed by atoms with E-state index in [0.29, 0.717) is 5.56 Å². The first-order valence-corrected chi connectivity index (χ1v) is 7.97. The molecular formula is C16H20N4O5. The maximum Gasteiger partial charge on any atom is 0.329 e. The smallest absolute Gasteiger partial charge is 0.329 e. The lowest BCUT2D eigenvalue weighted by Crippen LogP contribution is -2.44. The van der Waals surface area contributed by atoms with E-state index in [1.54, 1.807) is 6.07 Å². The molecule has 2 rings (SSSR count). The summed E-state index contributed by atoms with van der Waals surface area (Å²) in [6.45, 7) is 0. The van der Waals surface area contributed by atoms with E-state index in [1.807, 2.05) is 0 Å². The van der Waals surface area contributed by atoms with E-state index < -0.39 is 16.7 Å². The maximum atomic E-state index is 11.8. The number of rotatable bonds is 5. The second-order valence-electron chi connectivity index (χ2n) is 5.70. The van der Waals surface area contributed by atoms with Gasteiger partial charge in [0.05, 0.1) is 18.2 Å². The van der Waals surface area contributed by atoms with Gasteiger partial charge in [-0.25, -0.2) is 5.43 Å². The van der Waals surface area contributed by atoms with Gasteiger partial charge in [-0.2, -0.15) is 5.10 Å². The zero-order chi connectivity index (χ0) is 18.2. The van der Waals surface area contributed by atoms with Gasteiger partial charge in [-0.3, -0.25) is 19.7 Å². The van der Waals surface area contributed by atoms with Gasteiger partial charge in [-0.1, -0.05) is 19.3 Å². The lowest BCUT2D eigenvalue weighted by Gasteiger charge is -2.22. The molecule has 25 heavy (non-hydrogen) atoms. The first-order chi connectivity index (χ1) is 12.0. The molecule has 9 nitrogen and oxygen atoms in total. The fourth-order valence-electron chi connectivity index (χ4n) is 2.64. The molecule has 0 heterocycles. The highest BCUT2D eigenvalue weighted by Gasteiger charge is 2.20. The van der Waals surface area contributed by atoms with Crippen LogP contribution in [0.1, 0.15) is 37.7 Å². The van der Waals surface area contributed by atoms with Crippen molar-refractivity contribution in [3.8, 4) is 5.75 Å². The number of nitrogens with zero attached hydrogens (tertiary/aromatic N) is 2. The minimum atomic E-state index is -0.871. The van der Waals surface area contributed by atoms with E-state index in [1.165, 1.54) is 25.5 Å². The molecule has 0 bridgehead atoms. The molecule has 2 N–H and O–H groups in total. The summed E-state index contributed by atoms with van der Waals surface area (Å²) < 4.78 is 4.90. The van der Waals surface area contributed by atoms with Crippen LogP contribution in [0.4, 0.5) is 5.69 Å². The Morgan fingerprint density at radius 1 is 1.28 bits per heavy atom. The molecule has 1 aliphatic rings. The number of hydrogen-bond acceptors (Lipinski definition) is 6. The summed E-state index contributed by atoms with van der Waals surface area (Å²) in [5, 5.41) is 17.3. The molecule has 0 radical (unpaired) electrons. The lowest BCUT2D eigenvalue weighted by atomic mass is 9.95. The van der Waals surface area contributed by atoms with Gasteiger partial charge in [0, 0.05) is 17.7 Å². The van der Waals surface area contributed by atoms with Crippen LogP contribution in [-0.4, -0.2) is 36.1 Å². The van der Waals surface area contributed by atoms with Crippen molar-refractivity contribution in [3.63, 3.8) is 0 Å². The van der Waals surface area contributed by atoms with Crippen LogP contribution in [0.5, 0.6) is 5.75 Å². The van der Waals surface area contributed by atoms with Crippen LogP contribution in [0, 0.1) is 10.1 Å². The Morgan fingerprint density at radius 2 is 2.00 bits per heavy atom. The molecule has 0 saturated heterocycles. The predicted molar refractivity (Wildman–Crippen MR) is 90.4 cm³/mol. The highest BCUT2D eigenvalue weighted by Crippen LogP contribution is 2.26. The topological polar surface area (TPSA) is 123 Å². The Balaban J connectivity index is 1.91. The molecule has 9 heteroatoms. The second kappa shape index (κ2) is 8.76. The average molecular weight is 348 g/mol. The quantitative estimate of drug-likeness (QED) is 0.361. The number of carbonyl (C=O) groups excluding carboxylic acids is 2. The van der Waals surface area contributed by atoms with Crippen LogP contribution in [-0.2, 0) is 9.59 Å². The molecule has 0 aromatic heterocycles. The molecule has 0 aliphatic heterocycles. The van der Waals surface area contributed by atoms with E-state index in [-0.39, 0.29) is 17.5 Å². The largest absolute Gasteiger partial charge is 0.490 e. The van der Waals surface area contributed by atoms with Gasteiger partial charge in [-0.15, -0.1) is 0 Å². The molecule has 0 spiro atoms. The van der Waals surface area contributed by atoms with Gasteiger partial charge in [0.25, 0.3) is 0 Å². The zero-order valence-corrected chi connectivity index (χ0v) is 13.9. The van der Waals surface area contributed by atoms with Gasteiger partial charge in [0.1, 0.15) is 0 Å². The Bertz CT molecular complexity index is 683. The standard InChI is InChI=1S/C16H20N4O5/c1-25-14-8-7-11(9-13(14)20(23)24)10-17-19-16(22)15(21)18-12-5-3-2-4-6-12/h7-10,12H,2-6H2,1H3,(H,18,21)(H,19,22)/b17-10-. The summed E-state index contributed by atoms with van der Waals surface area (Å²) in [4.78, 5) is 33.9. The van der Waals surface area contributed by atoms with Crippen molar-refractivity contribution in [1.29, 1.82) is 0 Å². The molecule has 0 atom stereocenters. The van der Waals surface area contributed by atoms with Crippen molar-refractivity contribution in [2.75, 3.05) is 7.11 Å². The first-order valence-electron chi connectivity index (χ1n) is 7.97. The number of nitrogens with one attached hydrogen (secondary N) is 2. The van der Waals surface area contributed by atoms with E-state index >= 15 is 0 Å². The molecule has 134 valence electrons. The fourth-order valence-corrected chi connectivity index (χ4v) is 2.64. The SMILES string of the molecule is COc1ccc(/C=N\NC(=O)C(=O)NC2CCCCC2)cc1[N+](=O)[O-]. The van der Waals surface area contributed by atoms with Crippen LogP contribution in [0.3, 0.4) is 0 Å². The third kappa shape index (κ3) is 5.27. The second-order valence-corrected chi connectivity index (χ2v) is 5.70. The Morgan fingerprint density at radius 3 is 2.64 bits per heavy atom. The number of hydrogen-bond donors (Lipinski definition) is 2. The number of benzene rings is 1. The minimum Gasteiger partial charge on any atom is -0.490 e. The van der Waals surface area contributed by atoms with Crippen molar-refractivity contribution in [2.45, 2.75) is 38.1 Å². The van der Waals surface area contributed by atoms with Gasteiger partial charge in [0.15, 0.2) is 5.75 Å². The number of nitro groups is 1. The lowest BCUT2D eigenvalue weighted by molar-refractivity contribution is -0.385. The highest BCUT2D eigenvalue weighted by atomic mass is 16.6. The summed E-state index contributed by atoms with van der Waals surface area (Å²) in [5.74, 6) is -1.48. The number of amides is 2. The van der Waals surface area contributed by atoms with Crippen LogP contribution < -0.4 is 15.5 Å². The van der Waals surface area contributed by atoms with Crippen molar-refractivity contribution >= 4 is 23.7 Å². The average Bonchev–Trinajstić information content (AvgIpc) is 2.62. The number of hydrazone groups is 1. The summed E-state index contributed by atoms with van der Waals surface area (Å²) in [6.07, 6.45) is 6.20. The number of carbonyl (C=O) groups is 2. The summed E-state index contributed by atoms with van der Waals surface area (Å²) in [5.41, 5.74) is 2.29. The van der Waals surface area contributed by atoms with Crippen molar-refractivity contribution in [2.24, 2.45) is 5.10 Å². The molecule has 1 saturated carbocycles. The van der Waals surface area contributed by atoms with Gasteiger partial charge >= 0.3 is 17.5 Å². The van der Waals surface area contributed by atoms with Crippen LogP contribution in [0.2, 0.25) is 0 Å². The minimum absolute atomic E-state index is 0.0280. The predicted octanol–water partition coefficient (Wildman–Crippen LogP) is 1.50. The number of nitro benzene ring substituents is 1. The molecular weight excluding hydrogens is 328 g/mol. The Labute approximate surface area is 144 Å².